The van der Waals surface area contributed by atoms with Crippen LogP contribution in [0, 0.1) is 11.7 Å². The summed E-state index contributed by atoms with van der Waals surface area (Å²) in [4.78, 5) is 32.8. The Bertz CT molecular complexity index is 1220. The number of aromatic nitrogens is 2. The third-order valence-corrected chi connectivity index (χ3v) is 7.96. The summed E-state index contributed by atoms with van der Waals surface area (Å²) in [6.45, 7) is 4.82. The van der Waals surface area contributed by atoms with E-state index in [0.717, 1.165) is 42.3 Å². The summed E-state index contributed by atoms with van der Waals surface area (Å²) in [5.74, 6) is -0.282. The number of anilines is 1. The number of thioether (sulfide) groups is 1. The second kappa shape index (κ2) is 9.93. The van der Waals surface area contributed by atoms with Crippen molar-refractivity contribution in [2.75, 3.05) is 11.1 Å². The van der Waals surface area contributed by atoms with E-state index in [-0.39, 0.29) is 22.2 Å². The molecule has 32 heavy (non-hydrogen) atoms. The number of carbonyl (C=O) groups excluding carboxylic acids is 1. The molecule has 0 radical (unpaired) electrons. The van der Waals surface area contributed by atoms with Crippen LogP contribution < -0.4 is 10.9 Å². The number of fused-ring (bicyclic) bond motifs is 3. The van der Waals surface area contributed by atoms with E-state index in [1.807, 2.05) is 0 Å². The van der Waals surface area contributed by atoms with E-state index >= 15 is 0 Å². The molecule has 0 spiro atoms. The van der Waals surface area contributed by atoms with Crippen molar-refractivity contribution in [1.82, 2.24) is 9.55 Å². The average molecular weight is 494 g/mol. The molecule has 2 aromatic heterocycles. The lowest BCUT2D eigenvalue weighted by Gasteiger charge is -2.14. The molecule has 0 saturated carbocycles. The van der Waals surface area contributed by atoms with Crippen molar-refractivity contribution in [2.24, 2.45) is 5.92 Å². The van der Waals surface area contributed by atoms with E-state index in [1.54, 1.807) is 15.9 Å². The van der Waals surface area contributed by atoms with E-state index in [1.165, 1.54) is 40.4 Å². The number of nitrogens with zero attached hydrogens (tertiary/aromatic N) is 2. The lowest BCUT2D eigenvalue weighted by atomic mass is 9.97. The Morgan fingerprint density at radius 3 is 2.88 bits per heavy atom. The van der Waals surface area contributed by atoms with Crippen LogP contribution in [0.5, 0.6) is 0 Å². The van der Waals surface area contributed by atoms with Crippen LogP contribution in [-0.2, 0) is 24.2 Å². The molecule has 1 aromatic carbocycles. The Morgan fingerprint density at radius 1 is 1.34 bits per heavy atom. The minimum atomic E-state index is -0.538. The van der Waals surface area contributed by atoms with E-state index in [2.05, 4.69) is 19.2 Å². The first kappa shape index (κ1) is 23.3. The predicted octanol–water partition coefficient (Wildman–Crippen LogP) is 5.91. The molecular weight excluding hydrogens is 469 g/mol. The van der Waals surface area contributed by atoms with Crippen molar-refractivity contribution in [3.8, 4) is 0 Å². The van der Waals surface area contributed by atoms with Gasteiger partial charge in [-0.1, -0.05) is 37.2 Å². The molecule has 9 heteroatoms. The molecule has 0 bridgehead atoms. The smallest absolute Gasteiger partial charge is 0.263 e. The molecule has 0 fully saturated rings. The van der Waals surface area contributed by atoms with Crippen molar-refractivity contribution in [1.29, 1.82) is 0 Å². The Labute approximate surface area is 199 Å². The number of amides is 1. The zero-order valence-electron chi connectivity index (χ0n) is 18.0. The molecule has 1 N–H and O–H groups in total. The van der Waals surface area contributed by atoms with Crippen LogP contribution in [0.3, 0.4) is 0 Å². The van der Waals surface area contributed by atoms with Gasteiger partial charge >= 0.3 is 0 Å². The molecule has 2 heterocycles. The maximum atomic E-state index is 13.5. The Hall–Kier alpha value is -1.90. The summed E-state index contributed by atoms with van der Waals surface area (Å²) < 4.78 is 15.1. The van der Waals surface area contributed by atoms with Gasteiger partial charge in [-0.3, -0.25) is 14.2 Å². The topological polar surface area (TPSA) is 64.0 Å². The largest absolute Gasteiger partial charge is 0.325 e. The van der Waals surface area contributed by atoms with E-state index < -0.39 is 5.82 Å². The molecule has 1 aliphatic rings. The maximum absolute atomic E-state index is 13.5. The van der Waals surface area contributed by atoms with Crippen LogP contribution in [0.2, 0.25) is 5.02 Å². The first-order valence-corrected chi connectivity index (χ1v) is 12.9. The van der Waals surface area contributed by atoms with Gasteiger partial charge in [0.15, 0.2) is 5.16 Å². The van der Waals surface area contributed by atoms with Crippen LogP contribution in [0.4, 0.5) is 10.1 Å². The van der Waals surface area contributed by atoms with Gasteiger partial charge in [0.05, 0.1) is 16.2 Å². The fraction of sp³-hybridized carbons (Fsp3) is 0.435. The van der Waals surface area contributed by atoms with Gasteiger partial charge < -0.3 is 5.32 Å². The van der Waals surface area contributed by atoms with Gasteiger partial charge in [0.1, 0.15) is 10.6 Å². The van der Waals surface area contributed by atoms with Crippen molar-refractivity contribution in [2.45, 2.75) is 57.7 Å². The molecule has 0 aliphatic heterocycles. The van der Waals surface area contributed by atoms with Crippen molar-refractivity contribution in [3.63, 3.8) is 0 Å². The number of hydrogen-bond donors (Lipinski definition) is 1. The monoisotopic (exact) mass is 493 g/mol. The summed E-state index contributed by atoms with van der Waals surface area (Å²) in [6, 6.07) is 4.05. The Balaban J connectivity index is 1.60. The molecule has 3 aromatic rings. The zero-order chi connectivity index (χ0) is 22.8. The highest BCUT2D eigenvalue weighted by Crippen LogP contribution is 2.34. The zero-order valence-corrected chi connectivity index (χ0v) is 20.4. The summed E-state index contributed by atoms with van der Waals surface area (Å²) in [6.07, 6.45) is 5.05. The van der Waals surface area contributed by atoms with Crippen LogP contribution in [0.25, 0.3) is 10.2 Å². The van der Waals surface area contributed by atoms with Gasteiger partial charge in [-0.2, -0.15) is 0 Å². The number of halogens is 2. The summed E-state index contributed by atoms with van der Waals surface area (Å²) in [7, 11) is 0. The summed E-state index contributed by atoms with van der Waals surface area (Å²) in [5, 5.41) is 4.00. The normalized spacial score (nSPS) is 13.5. The van der Waals surface area contributed by atoms with Gasteiger partial charge in [0.2, 0.25) is 5.91 Å². The van der Waals surface area contributed by atoms with Crippen LogP contribution >= 0.6 is 34.7 Å². The highest BCUT2D eigenvalue weighted by atomic mass is 35.5. The first-order chi connectivity index (χ1) is 15.3. The fourth-order valence-electron chi connectivity index (χ4n) is 3.82. The molecule has 0 atom stereocenters. The standard InChI is InChI=1S/C23H25ClFN3O2S2/c1-13(2)9-10-28-22(30)20-15-5-3-4-6-18(15)32-21(20)27-23(28)31-12-19(29)26-14-7-8-17(25)16(24)11-14/h7-8,11,13H,3-6,9-10,12H2,1-2H3,(H,26,29). The number of hydrogen-bond acceptors (Lipinski definition) is 5. The van der Waals surface area contributed by atoms with E-state index in [9.17, 15) is 14.0 Å². The van der Waals surface area contributed by atoms with Crippen LogP contribution in [-0.4, -0.2) is 21.2 Å². The quantitative estimate of drug-likeness (QED) is 0.328. The summed E-state index contributed by atoms with van der Waals surface area (Å²) >= 11 is 8.65. The Morgan fingerprint density at radius 2 is 2.12 bits per heavy atom. The molecular formula is C23H25ClFN3O2S2. The molecule has 4 rings (SSSR count). The van der Waals surface area contributed by atoms with Crippen molar-refractivity contribution in [3.05, 3.63) is 49.8 Å². The third kappa shape index (κ3) is 5.02. The molecule has 1 amide bonds. The first-order valence-electron chi connectivity index (χ1n) is 10.8. The molecule has 5 nitrogen and oxygen atoms in total. The van der Waals surface area contributed by atoms with Crippen LogP contribution in [0.1, 0.15) is 43.6 Å². The number of rotatable bonds is 7. The number of aryl methyl sites for hydroxylation is 2. The predicted molar refractivity (Wildman–Crippen MR) is 131 cm³/mol. The maximum Gasteiger partial charge on any atom is 0.263 e. The SMILES string of the molecule is CC(C)CCn1c(SCC(=O)Nc2ccc(F)c(Cl)c2)nc2sc3c(c2c1=O)CCCC3. The van der Waals surface area contributed by atoms with Gasteiger partial charge in [-0.15, -0.1) is 11.3 Å². The number of thiophene rings is 1. The van der Waals surface area contributed by atoms with E-state index in [4.69, 9.17) is 16.6 Å². The second-order valence-electron chi connectivity index (χ2n) is 8.39. The van der Waals surface area contributed by atoms with Gasteiger partial charge in [-0.05, 0) is 61.8 Å². The van der Waals surface area contributed by atoms with Gasteiger partial charge in [0.25, 0.3) is 5.56 Å². The average Bonchev–Trinajstić information content (AvgIpc) is 3.12. The second-order valence-corrected chi connectivity index (χ2v) is 10.8. The molecule has 0 saturated heterocycles. The molecule has 170 valence electrons. The number of carbonyl (C=O) groups is 1. The highest BCUT2D eigenvalue weighted by Gasteiger charge is 2.22. The highest BCUT2D eigenvalue weighted by molar-refractivity contribution is 7.99. The minimum absolute atomic E-state index is 0.00303. The van der Waals surface area contributed by atoms with Crippen molar-refractivity contribution >= 4 is 56.5 Å². The lowest BCUT2D eigenvalue weighted by molar-refractivity contribution is -0.113. The third-order valence-electron chi connectivity index (χ3n) is 5.51. The van der Waals surface area contributed by atoms with E-state index in [0.29, 0.717) is 23.3 Å². The van der Waals surface area contributed by atoms with Gasteiger partial charge in [0, 0.05) is 17.1 Å². The molecule has 0 unspecified atom stereocenters. The Kier molecular flexibility index (Phi) is 7.22. The van der Waals surface area contributed by atoms with Crippen LogP contribution in [0.15, 0.2) is 28.2 Å². The fourth-order valence-corrected chi connectivity index (χ4v) is 6.12. The van der Waals surface area contributed by atoms with Crippen molar-refractivity contribution < 1.29 is 9.18 Å². The molecule has 1 aliphatic carbocycles. The summed E-state index contributed by atoms with van der Waals surface area (Å²) in [5.41, 5.74) is 1.60. The lowest BCUT2D eigenvalue weighted by Crippen LogP contribution is -2.25. The minimum Gasteiger partial charge on any atom is -0.325 e. The number of benzene rings is 1. The van der Waals surface area contributed by atoms with Gasteiger partial charge in [-0.25, -0.2) is 9.37 Å². The number of nitrogens with one attached hydrogen (secondary N) is 1.